The highest BCUT2D eigenvalue weighted by molar-refractivity contribution is 6.13. The van der Waals surface area contributed by atoms with Crippen molar-refractivity contribution in [2.45, 2.75) is 63.4 Å². The molecule has 0 radical (unpaired) electrons. The molecule has 0 fully saturated rings. The molecule has 0 saturated heterocycles. The second-order valence-corrected chi connectivity index (χ2v) is 13.6. The van der Waals surface area contributed by atoms with Crippen molar-refractivity contribution in [1.29, 1.82) is 0 Å². The molecule has 6 amide bonds. The minimum Gasteiger partial charge on any atom is -0.481 e. The Morgan fingerprint density at radius 2 is 1.42 bits per heavy atom. The Labute approximate surface area is 337 Å². The lowest BCUT2D eigenvalue weighted by Gasteiger charge is -2.26. The summed E-state index contributed by atoms with van der Waals surface area (Å²) in [7, 11) is 0. The summed E-state index contributed by atoms with van der Waals surface area (Å²) in [5.74, 6) is -7.86. The van der Waals surface area contributed by atoms with Gasteiger partial charge in [-0.15, -0.1) is 0 Å². The molecule has 0 unspecified atom stereocenters. The zero-order chi connectivity index (χ0) is 42.6. The lowest BCUT2D eigenvalue weighted by atomic mass is 10.0. The van der Waals surface area contributed by atoms with E-state index in [9.17, 15) is 43.5 Å². The molecule has 0 spiro atoms. The number of para-hydroxylation sites is 2. The van der Waals surface area contributed by atoms with Crippen molar-refractivity contribution in [2.24, 2.45) is 0 Å². The molecular weight excluding hydrogens is 766 g/mol. The van der Waals surface area contributed by atoms with Crippen LogP contribution in [0.2, 0.25) is 0 Å². The number of carboxylic acid groups (broad SMARTS) is 1. The van der Waals surface area contributed by atoms with E-state index in [-0.39, 0.29) is 23.4 Å². The van der Waals surface area contributed by atoms with Crippen LogP contribution >= 0.6 is 0 Å². The Balaban J connectivity index is 1.56. The smallest absolute Gasteiger partial charge is 0.306 e. The fraction of sp³-hybridized carbons (Fsp3) is 0.268. The largest absolute Gasteiger partial charge is 0.481 e. The number of carbonyl (C=O) groups is 8. The molecule has 5 atom stereocenters. The quantitative estimate of drug-likeness (QED) is 0.0846. The molecule has 18 heteroatoms. The number of esters is 1. The van der Waals surface area contributed by atoms with Crippen LogP contribution in [0, 0.1) is 0 Å². The maximum absolute atomic E-state index is 14.1. The molecule has 1 aliphatic rings. The number of aliphatic hydroxyl groups excluding tert-OH is 1. The predicted octanol–water partition coefficient (Wildman–Crippen LogP) is 0.882. The first kappa shape index (κ1) is 42.8. The van der Waals surface area contributed by atoms with Gasteiger partial charge in [0.05, 0.1) is 30.2 Å². The molecule has 308 valence electrons. The van der Waals surface area contributed by atoms with Crippen LogP contribution in [0.5, 0.6) is 0 Å². The van der Waals surface area contributed by atoms with Gasteiger partial charge in [-0.05, 0) is 43.7 Å². The van der Waals surface area contributed by atoms with Crippen molar-refractivity contribution < 1.29 is 53.3 Å². The van der Waals surface area contributed by atoms with Crippen LogP contribution in [0.15, 0.2) is 90.8 Å². The molecule has 1 aromatic heterocycles. The molecule has 1 aliphatic heterocycles. The van der Waals surface area contributed by atoms with Gasteiger partial charge in [-0.3, -0.25) is 38.4 Å². The molecule has 5 rings (SSSR count). The van der Waals surface area contributed by atoms with E-state index in [1.807, 2.05) is 0 Å². The Hall–Kier alpha value is -7.34. The summed E-state index contributed by atoms with van der Waals surface area (Å²) in [6.45, 7) is 1.76. The van der Waals surface area contributed by atoms with E-state index in [1.54, 1.807) is 60.8 Å². The molecule has 0 aliphatic carbocycles. The Kier molecular flexibility index (Phi) is 14.3. The summed E-state index contributed by atoms with van der Waals surface area (Å²) in [4.78, 5) is 110. The maximum Gasteiger partial charge on any atom is 0.306 e. The number of benzene rings is 3. The molecule has 0 saturated carbocycles. The number of aromatic nitrogens is 1. The lowest BCUT2D eigenvalue weighted by molar-refractivity contribution is -0.149. The fourth-order valence-corrected chi connectivity index (χ4v) is 5.99. The van der Waals surface area contributed by atoms with Crippen LogP contribution in [0.4, 0.5) is 5.69 Å². The fourth-order valence-electron chi connectivity index (χ4n) is 5.99. The second-order valence-electron chi connectivity index (χ2n) is 13.6. The van der Waals surface area contributed by atoms with Gasteiger partial charge in [-0.1, -0.05) is 60.7 Å². The van der Waals surface area contributed by atoms with Crippen molar-refractivity contribution in [3.63, 3.8) is 0 Å². The van der Waals surface area contributed by atoms with Gasteiger partial charge in [-0.25, -0.2) is 0 Å². The van der Waals surface area contributed by atoms with E-state index in [2.05, 4.69) is 36.9 Å². The Morgan fingerprint density at radius 3 is 2.15 bits per heavy atom. The maximum atomic E-state index is 14.1. The average Bonchev–Trinajstić information content (AvgIpc) is 3.62. The number of aromatic amines is 1. The zero-order valence-corrected chi connectivity index (χ0v) is 31.9. The average molecular weight is 810 g/mol. The first-order valence-electron chi connectivity index (χ1n) is 18.5. The highest BCUT2D eigenvalue weighted by Crippen LogP contribution is 2.22. The summed E-state index contributed by atoms with van der Waals surface area (Å²) in [5.41, 5.74) is 1.17. The third kappa shape index (κ3) is 11.6. The van der Waals surface area contributed by atoms with E-state index in [4.69, 9.17) is 9.84 Å². The number of hydrogen-bond donors (Lipinski definition) is 9. The number of nitrogens with one attached hydrogen (secondary N) is 7. The van der Waals surface area contributed by atoms with Gasteiger partial charge in [0.25, 0.3) is 11.8 Å². The van der Waals surface area contributed by atoms with Crippen LogP contribution in [0.3, 0.4) is 0 Å². The Bertz CT molecular complexity index is 2270. The summed E-state index contributed by atoms with van der Waals surface area (Å²) < 4.78 is 5.18. The van der Waals surface area contributed by atoms with E-state index in [0.717, 1.165) is 0 Å². The minimum absolute atomic E-state index is 0.0832. The van der Waals surface area contributed by atoms with Gasteiger partial charge in [0.15, 0.2) is 0 Å². The normalized spacial score (nSPS) is 20.9. The lowest BCUT2D eigenvalue weighted by Crippen LogP contribution is -2.59. The molecule has 59 heavy (non-hydrogen) atoms. The molecular formula is C41H43N7O11. The third-order valence-corrected chi connectivity index (χ3v) is 9.15. The van der Waals surface area contributed by atoms with E-state index in [0.29, 0.717) is 22.0 Å². The molecule has 3 aromatic carbocycles. The number of carbonyl (C=O) groups excluding carboxylic acids is 7. The number of amides is 6. The van der Waals surface area contributed by atoms with Gasteiger partial charge in [-0.2, -0.15) is 0 Å². The van der Waals surface area contributed by atoms with Crippen molar-refractivity contribution in [3.8, 4) is 0 Å². The molecule has 2 heterocycles. The minimum atomic E-state index is -1.67. The van der Waals surface area contributed by atoms with Crippen molar-refractivity contribution in [2.75, 3.05) is 11.9 Å². The molecule has 0 bridgehead atoms. The summed E-state index contributed by atoms with van der Waals surface area (Å²) in [6, 6.07) is 15.3. The number of aliphatic hydroxyl groups is 1. The highest BCUT2D eigenvalue weighted by Gasteiger charge is 2.33. The van der Waals surface area contributed by atoms with E-state index < -0.39 is 97.1 Å². The van der Waals surface area contributed by atoms with Crippen molar-refractivity contribution in [3.05, 3.63) is 107 Å². The number of ether oxygens (including phenoxy) is 1. The van der Waals surface area contributed by atoms with Crippen LogP contribution in [-0.2, 0) is 44.7 Å². The van der Waals surface area contributed by atoms with Crippen molar-refractivity contribution in [1.82, 2.24) is 31.6 Å². The van der Waals surface area contributed by atoms with Gasteiger partial charge in [0.2, 0.25) is 23.6 Å². The van der Waals surface area contributed by atoms with E-state index >= 15 is 0 Å². The Morgan fingerprint density at radius 1 is 0.746 bits per heavy atom. The summed E-state index contributed by atoms with van der Waals surface area (Å²) in [5, 5.41) is 35.4. The standard InChI is InChI=1S/C41H43N7O11/c1-22-36(53)48-35(23(2)49)41(58)46-31(19-25-20-42-28-14-8-6-12-26(25)28)39(56)44-29-15-9-7-13-27(29)37(54)47-32(21-59-34(52)17-16-33(50)51)40(57)45-30(38(55)43-22)18-24-10-4-3-5-11-24/h3-15,19-20,22-23,30,32,35,42,49H,16-18,21H2,1-2H3,(H,43,55)(H,44,56)(H,45,57)(H,46,58)(H,47,54)(H,48,53)(H,50,51)/b31-19-/t22-,23+,30-,32+,35-/m0/s1. The molecule has 18 nitrogen and oxygen atoms in total. The van der Waals surface area contributed by atoms with Crippen LogP contribution in [0.1, 0.15) is 48.2 Å². The number of aliphatic carboxylic acids is 1. The topological polar surface area (TPSA) is 274 Å². The van der Waals surface area contributed by atoms with Gasteiger partial charge in [0, 0.05) is 29.1 Å². The predicted molar refractivity (Wildman–Crippen MR) is 212 cm³/mol. The van der Waals surface area contributed by atoms with Crippen LogP contribution in [0.25, 0.3) is 17.0 Å². The number of carboxylic acids is 1. The highest BCUT2D eigenvalue weighted by atomic mass is 16.5. The number of fused-ring (bicyclic) bond motifs is 2. The molecule has 4 aromatic rings. The zero-order valence-electron chi connectivity index (χ0n) is 31.9. The first-order chi connectivity index (χ1) is 28.2. The number of rotatable bonds is 9. The number of hydrogen-bond acceptors (Lipinski definition) is 10. The number of anilines is 1. The van der Waals surface area contributed by atoms with Crippen LogP contribution in [-0.4, -0.2) is 99.5 Å². The first-order valence-corrected chi connectivity index (χ1v) is 18.5. The third-order valence-electron chi connectivity index (χ3n) is 9.15. The SMILES string of the molecule is C[C@@H]1NC(=O)[C@H](Cc2ccccc2)NC(=O)[C@@H](COC(=O)CCC(=O)O)NC(=O)c2ccccc2NC(=O)/C(=C/c2c[nH]c3ccccc23)NC(=O)[C@H]([C@@H](C)O)NC1=O. The summed E-state index contributed by atoms with van der Waals surface area (Å²) >= 11 is 0. The van der Waals surface area contributed by atoms with Gasteiger partial charge >= 0.3 is 11.9 Å². The second kappa shape index (κ2) is 19.7. The van der Waals surface area contributed by atoms with Crippen LogP contribution < -0.4 is 31.9 Å². The monoisotopic (exact) mass is 809 g/mol. The number of H-pyrrole nitrogens is 1. The molecule has 9 N–H and O–H groups in total. The van der Waals surface area contributed by atoms with Gasteiger partial charge < -0.3 is 51.8 Å². The van der Waals surface area contributed by atoms with Gasteiger partial charge in [0.1, 0.15) is 36.5 Å². The summed E-state index contributed by atoms with van der Waals surface area (Å²) in [6.07, 6.45) is 0.244. The van der Waals surface area contributed by atoms with E-state index in [1.165, 1.54) is 44.2 Å². The van der Waals surface area contributed by atoms with Crippen molar-refractivity contribution >= 4 is 70.0 Å².